The molecule has 5 rings (SSSR count). The molecule has 3 aromatic heterocycles. The van der Waals surface area contributed by atoms with Crippen LogP contribution in [0.5, 0.6) is 0 Å². The molecular formula is C23H23N5OS2. The fourth-order valence-electron chi connectivity index (χ4n) is 4.13. The molecule has 1 atom stereocenters. The molecule has 0 saturated carbocycles. The summed E-state index contributed by atoms with van der Waals surface area (Å²) in [5.74, 6) is 0.0591. The molecule has 1 saturated heterocycles. The smallest absolute Gasteiger partial charge is 0.254 e. The van der Waals surface area contributed by atoms with E-state index in [0.717, 1.165) is 62.5 Å². The number of carbonyl (C=O) groups is 1. The van der Waals surface area contributed by atoms with Crippen molar-refractivity contribution in [1.82, 2.24) is 19.9 Å². The number of pyridine rings is 1. The average Bonchev–Trinajstić information content (AvgIpc) is 3.45. The Morgan fingerprint density at radius 2 is 1.97 bits per heavy atom. The lowest BCUT2D eigenvalue weighted by molar-refractivity contribution is 0.0733. The van der Waals surface area contributed by atoms with Crippen molar-refractivity contribution in [2.24, 2.45) is 0 Å². The maximum atomic E-state index is 13.4. The second-order valence-corrected chi connectivity index (χ2v) is 10.0. The van der Waals surface area contributed by atoms with Crippen molar-refractivity contribution < 1.29 is 4.79 Å². The van der Waals surface area contributed by atoms with Crippen molar-refractivity contribution >= 4 is 49.6 Å². The molecule has 158 valence electrons. The number of hydrogen-bond donors (Lipinski definition) is 1. The number of amides is 1. The highest BCUT2D eigenvalue weighted by Gasteiger charge is 2.32. The van der Waals surface area contributed by atoms with Gasteiger partial charge < -0.3 is 10.2 Å². The summed E-state index contributed by atoms with van der Waals surface area (Å²) in [7, 11) is 0. The first-order valence-corrected chi connectivity index (χ1v) is 12.0. The van der Waals surface area contributed by atoms with Crippen LogP contribution in [0.15, 0.2) is 35.7 Å². The molecule has 0 spiro atoms. The number of aromatic nitrogens is 3. The first-order valence-electron chi connectivity index (χ1n) is 10.3. The molecule has 1 aliphatic rings. The maximum absolute atomic E-state index is 13.4. The van der Waals surface area contributed by atoms with Crippen molar-refractivity contribution in [1.29, 1.82) is 0 Å². The van der Waals surface area contributed by atoms with Crippen molar-refractivity contribution in [3.8, 4) is 0 Å². The predicted octanol–water partition coefficient (Wildman–Crippen LogP) is 5.79. The SMILES string of the molecule is Cc1cc(Nc2nc(C)cs2)cc([C@@H]2CCCN2C(=O)c2ccc3nc(C)sc3c2)n1. The molecule has 4 aromatic rings. The van der Waals surface area contributed by atoms with E-state index in [1.165, 1.54) is 0 Å². The standard InChI is InChI=1S/C23H23N5OS2/c1-13-9-17(27-23-25-14(2)12-30-23)11-19(24-13)20-5-4-8-28(20)22(29)16-6-7-18-21(10-16)31-15(3)26-18/h6-7,9-12,20H,4-5,8H2,1-3H3,(H,24,25,27)/t20-/m0/s1. The molecule has 0 aliphatic carbocycles. The molecule has 31 heavy (non-hydrogen) atoms. The molecule has 1 aromatic carbocycles. The van der Waals surface area contributed by atoms with Gasteiger partial charge in [0, 0.05) is 28.9 Å². The van der Waals surface area contributed by atoms with Gasteiger partial charge in [0.2, 0.25) is 0 Å². The van der Waals surface area contributed by atoms with Gasteiger partial charge in [-0.2, -0.15) is 0 Å². The van der Waals surface area contributed by atoms with Crippen molar-refractivity contribution in [2.75, 3.05) is 11.9 Å². The highest BCUT2D eigenvalue weighted by molar-refractivity contribution is 7.18. The summed E-state index contributed by atoms with van der Waals surface area (Å²) in [5.41, 5.74) is 5.47. The Labute approximate surface area is 189 Å². The molecule has 4 heterocycles. The molecule has 0 bridgehead atoms. The third kappa shape index (κ3) is 4.05. The Morgan fingerprint density at radius 3 is 2.77 bits per heavy atom. The van der Waals surface area contributed by atoms with Gasteiger partial charge in [-0.25, -0.2) is 9.97 Å². The molecule has 0 radical (unpaired) electrons. The van der Waals surface area contributed by atoms with Crippen LogP contribution in [-0.2, 0) is 0 Å². The van der Waals surface area contributed by atoms with E-state index in [9.17, 15) is 4.79 Å². The molecule has 1 fully saturated rings. The van der Waals surface area contributed by atoms with E-state index >= 15 is 0 Å². The second kappa shape index (κ2) is 8.01. The van der Waals surface area contributed by atoms with Gasteiger partial charge in [0.1, 0.15) is 0 Å². The Hall–Kier alpha value is -2.84. The van der Waals surface area contributed by atoms with Crippen LogP contribution in [0.25, 0.3) is 10.2 Å². The number of aryl methyl sites for hydroxylation is 3. The van der Waals surface area contributed by atoms with Gasteiger partial charge in [0.25, 0.3) is 5.91 Å². The van der Waals surface area contributed by atoms with E-state index in [0.29, 0.717) is 5.56 Å². The average molecular weight is 450 g/mol. The number of nitrogens with one attached hydrogen (secondary N) is 1. The Morgan fingerprint density at radius 1 is 1.10 bits per heavy atom. The number of rotatable bonds is 4. The van der Waals surface area contributed by atoms with Crippen LogP contribution >= 0.6 is 22.7 Å². The summed E-state index contributed by atoms with van der Waals surface area (Å²) in [6, 6.07) is 9.85. The summed E-state index contributed by atoms with van der Waals surface area (Å²) in [4.78, 5) is 29.1. The van der Waals surface area contributed by atoms with E-state index < -0.39 is 0 Å². The van der Waals surface area contributed by atoms with Crippen LogP contribution in [0.2, 0.25) is 0 Å². The molecule has 1 amide bonds. The third-order valence-corrected chi connectivity index (χ3v) is 7.25. The molecular weight excluding hydrogens is 426 g/mol. The number of likely N-dealkylation sites (tertiary alicyclic amines) is 1. The van der Waals surface area contributed by atoms with Crippen LogP contribution in [0.4, 0.5) is 10.8 Å². The third-order valence-electron chi connectivity index (χ3n) is 5.44. The van der Waals surface area contributed by atoms with Gasteiger partial charge >= 0.3 is 0 Å². The molecule has 0 unspecified atom stereocenters. The zero-order valence-electron chi connectivity index (χ0n) is 17.7. The van der Waals surface area contributed by atoms with Crippen LogP contribution in [0.3, 0.4) is 0 Å². The van der Waals surface area contributed by atoms with Crippen LogP contribution < -0.4 is 5.32 Å². The van der Waals surface area contributed by atoms with Gasteiger partial charge in [-0.05, 0) is 63.9 Å². The van der Waals surface area contributed by atoms with Gasteiger partial charge in [-0.15, -0.1) is 22.7 Å². The van der Waals surface area contributed by atoms with Gasteiger partial charge in [0.15, 0.2) is 5.13 Å². The molecule has 6 nitrogen and oxygen atoms in total. The highest BCUT2D eigenvalue weighted by atomic mass is 32.1. The number of carbonyl (C=O) groups excluding carboxylic acids is 1. The quantitative estimate of drug-likeness (QED) is 0.427. The monoisotopic (exact) mass is 449 g/mol. The van der Waals surface area contributed by atoms with E-state index in [1.54, 1.807) is 22.7 Å². The van der Waals surface area contributed by atoms with Gasteiger partial charge in [0.05, 0.1) is 32.7 Å². The normalized spacial score (nSPS) is 16.2. The minimum Gasteiger partial charge on any atom is -0.331 e. The number of nitrogens with zero attached hydrogens (tertiary/aromatic N) is 4. The second-order valence-electron chi connectivity index (χ2n) is 7.91. The Balaban J connectivity index is 1.43. The predicted molar refractivity (Wildman–Crippen MR) is 126 cm³/mol. The number of anilines is 2. The van der Waals surface area contributed by atoms with E-state index in [1.807, 2.05) is 55.3 Å². The fourth-order valence-corrected chi connectivity index (χ4v) is 5.70. The van der Waals surface area contributed by atoms with E-state index in [2.05, 4.69) is 21.4 Å². The summed E-state index contributed by atoms with van der Waals surface area (Å²) < 4.78 is 1.05. The van der Waals surface area contributed by atoms with Gasteiger partial charge in [-0.1, -0.05) is 0 Å². The largest absolute Gasteiger partial charge is 0.331 e. The van der Waals surface area contributed by atoms with Crippen LogP contribution in [0.1, 0.15) is 51.3 Å². The topological polar surface area (TPSA) is 71.0 Å². The molecule has 8 heteroatoms. The first kappa shape index (κ1) is 20.1. The summed E-state index contributed by atoms with van der Waals surface area (Å²) in [5, 5.41) is 7.28. The lowest BCUT2D eigenvalue weighted by atomic mass is 10.1. The lowest BCUT2D eigenvalue weighted by Crippen LogP contribution is -2.31. The highest BCUT2D eigenvalue weighted by Crippen LogP contribution is 2.35. The van der Waals surface area contributed by atoms with Crippen LogP contribution in [-0.4, -0.2) is 32.3 Å². The summed E-state index contributed by atoms with van der Waals surface area (Å²) in [6.45, 7) is 6.71. The number of thiazole rings is 2. The Bertz CT molecular complexity index is 1280. The summed E-state index contributed by atoms with van der Waals surface area (Å²) >= 11 is 3.20. The number of hydrogen-bond acceptors (Lipinski definition) is 7. The molecule has 1 aliphatic heterocycles. The zero-order chi connectivity index (χ0) is 21.5. The maximum Gasteiger partial charge on any atom is 0.254 e. The first-order chi connectivity index (χ1) is 15.0. The van der Waals surface area contributed by atoms with Gasteiger partial charge in [-0.3, -0.25) is 9.78 Å². The Kier molecular flexibility index (Phi) is 5.19. The number of benzene rings is 1. The van der Waals surface area contributed by atoms with E-state index in [4.69, 9.17) is 4.98 Å². The van der Waals surface area contributed by atoms with Crippen molar-refractivity contribution in [3.05, 3.63) is 63.4 Å². The van der Waals surface area contributed by atoms with Crippen molar-refractivity contribution in [2.45, 2.75) is 39.7 Å². The lowest BCUT2D eigenvalue weighted by Gasteiger charge is -2.25. The van der Waals surface area contributed by atoms with Crippen LogP contribution in [0, 0.1) is 20.8 Å². The summed E-state index contributed by atoms with van der Waals surface area (Å²) in [6.07, 6.45) is 1.89. The molecule has 1 N–H and O–H groups in total. The minimum atomic E-state index is -0.0233. The minimum absolute atomic E-state index is 0.0233. The fraction of sp³-hybridized carbons (Fsp3) is 0.304. The van der Waals surface area contributed by atoms with Crippen molar-refractivity contribution in [3.63, 3.8) is 0 Å². The number of fused-ring (bicyclic) bond motifs is 1. The van der Waals surface area contributed by atoms with E-state index in [-0.39, 0.29) is 11.9 Å². The zero-order valence-corrected chi connectivity index (χ0v) is 19.3.